The van der Waals surface area contributed by atoms with Crippen LogP contribution in [0.25, 0.3) is 0 Å². The van der Waals surface area contributed by atoms with Crippen molar-refractivity contribution in [2.24, 2.45) is 34.5 Å². The zero-order valence-electron chi connectivity index (χ0n) is 16.5. The molecule has 1 aliphatic heterocycles. The lowest BCUT2D eigenvalue weighted by atomic mass is 9.43. The van der Waals surface area contributed by atoms with Crippen LogP contribution in [-0.2, 0) is 9.47 Å². The first-order chi connectivity index (χ1) is 12.4. The van der Waals surface area contributed by atoms with Gasteiger partial charge >= 0.3 is 0 Å². The minimum absolute atomic E-state index is 0.0871. The Balaban J connectivity index is 1.45. The van der Waals surface area contributed by atoms with Crippen molar-refractivity contribution in [3.05, 3.63) is 0 Å². The van der Waals surface area contributed by atoms with Gasteiger partial charge in [0.15, 0.2) is 6.29 Å². The molecule has 0 aromatic heterocycles. The summed E-state index contributed by atoms with van der Waals surface area (Å²) in [5.74, 6) is 1.68. The molecule has 1 heterocycles. The first kappa shape index (κ1) is 17.9. The third-order valence-corrected chi connectivity index (χ3v) is 9.74. The SMILES string of the molecule is C[C@]12CC(C3OCCO3)[C@H](O)C[C@H]1CC[C@@H]1[C@@H]2CC[C@]2(C)CCC[C@]12O. The first-order valence-electron chi connectivity index (χ1n) is 11.0. The largest absolute Gasteiger partial charge is 0.393 e. The van der Waals surface area contributed by atoms with Gasteiger partial charge in [0.2, 0.25) is 0 Å². The number of hydrogen-bond acceptors (Lipinski definition) is 4. The predicted molar refractivity (Wildman–Crippen MR) is 98.4 cm³/mol. The van der Waals surface area contributed by atoms with Crippen LogP contribution in [0, 0.1) is 34.5 Å². The highest BCUT2D eigenvalue weighted by Crippen LogP contribution is 2.68. The highest BCUT2D eigenvalue weighted by atomic mass is 16.7. The van der Waals surface area contributed by atoms with Crippen molar-refractivity contribution in [3.8, 4) is 0 Å². The fourth-order valence-electron chi connectivity index (χ4n) is 8.21. The van der Waals surface area contributed by atoms with Crippen molar-refractivity contribution in [1.29, 1.82) is 0 Å². The molecule has 5 aliphatic rings. The van der Waals surface area contributed by atoms with Gasteiger partial charge in [-0.1, -0.05) is 13.8 Å². The van der Waals surface area contributed by atoms with Gasteiger partial charge in [-0.05, 0) is 86.4 Å². The second-order valence-corrected chi connectivity index (χ2v) is 10.7. The fourth-order valence-corrected chi connectivity index (χ4v) is 8.21. The molecular formula is C22H36O4. The van der Waals surface area contributed by atoms with E-state index < -0.39 is 5.60 Å². The minimum Gasteiger partial charge on any atom is -0.393 e. The monoisotopic (exact) mass is 364 g/mol. The Morgan fingerprint density at radius 3 is 2.46 bits per heavy atom. The van der Waals surface area contributed by atoms with Crippen molar-refractivity contribution in [3.63, 3.8) is 0 Å². The molecule has 4 heteroatoms. The summed E-state index contributed by atoms with van der Waals surface area (Å²) in [5, 5.41) is 22.6. The van der Waals surface area contributed by atoms with E-state index >= 15 is 0 Å². The van der Waals surface area contributed by atoms with Crippen molar-refractivity contribution in [2.75, 3.05) is 13.2 Å². The lowest BCUT2D eigenvalue weighted by Crippen LogP contribution is -2.62. The van der Waals surface area contributed by atoms with Crippen LogP contribution in [0.4, 0.5) is 0 Å². The Morgan fingerprint density at radius 1 is 0.923 bits per heavy atom. The zero-order chi connectivity index (χ0) is 18.2. The van der Waals surface area contributed by atoms with Crippen LogP contribution in [0.5, 0.6) is 0 Å². The van der Waals surface area contributed by atoms with Gasteiger partial charge in [-0.25, -0.2) is 0 Å². The van der Waals surface area contributed by atoms with Gasteiger partial charge in [-0.15, -0.1) is 0 Å². The van der Waals surface area contributed by atoms with Crippen LogP contribution in [0.3, 0.4) is 0 Å². The third kappa shape index (κ3) is 2.28. The van der Waals surface area contributed by atoms with Crippen molar-refractivity contribution in [1.82, 2.24) is 0 Å². The maximum atomic E-state index is 11.8. The van der Waals surface area contributed by atoms with Gasteiger partial charge < -0.3 is 19.7 Å². The summed E-state index contributed by atoms with van der Waals surface area (Å²) in [5.41, 5.74) is -0.139. The molecule has 0 radical (unpaired) electrons. The molecule has 1 saturated heterocycles. The summed E-state index contributed by atoms with van der Waals surface area (Å²) in [6, 6.07) is 0. The molecule has 0 amide bonds. The Kier molecular flexibility index (Phi) is 4.08. The van der Waals surface area contributed by atoms with E-state index in [1.807, 2.05) is 0 Å². The number of aliphatic hydroxyl groups is 2. The lowest BCUT2D eigenvalue weighted by Gasteiger charge is -2.64. The molecule has 4 nitrogen and oxygen atoms in total. The van der Waals surface area contributed by atoms with Gasteiger partial charge in [-0.2, -0.15) is 0 Å². The fraction of sp³-hybridized carbons (Fsp3) is 1.00. The molecule has 0 aromatic carbocycles. The normalized spacial score (nSPS) is 57.5. The maximum Gasteiger partial charge on any atom is 0.163 e. The van der Waals surface area contributed by atoms with E-state index in [2.05, 4.69) is 13.8 Å². The minimum atomic E-state index is -0.462. The van der Waals surface area contributed by atoms with Crippen LogP contribution < -0.4 is 0 Å². The van der Waals surface area contributed by atoms with Gasteiger partial charge in [0.1, 0.15) is 0 Å². The van der Waals surface area contributed by atoms with E-state index in [4.69, 9.17) is 9.47 Å². The number of hydrogen-bond donors (Lipinski definition) is 2. The van der Waals surface area contributed by atoms with Crippen LogP contribution in [-0.4, -0.2) is 41.4 Å². The van der Waals surface area contributed by atoms with E-state index in [9.17, 15) is 10.2 Å². The summed E-state index contributed by atoms with van der Waals surface area (Å²) in [4.78, 5) is 0. The van der Waals surface area contributed by atoms with Gasteiger partial charge in [0.25, 0.3) is 0 Å². The summed E-state index contributed by atoms with van der Waals surface area (Å²) in [6.07, 6.45) is 9.40. The molecule has 2 N–H and O–H groups in total. The second-order valence-electron chi connectivity index (χ2n) is 10.7. The van der Waals surface area contributed by atoms with Gasteiger partial charge in [0, 0.05) is 5.92 Å². The van der Waals surface area contributed by atoms with Crippen molar-refractivity contribution in [2.45, 2.75) is 89.6 Å². The molecular weight excluding hydrogens is 328 g/mol. The summed E-state index contributed by atoms with van der Waals surface area (Å²) >= 11 is 0. The third-order valence-electron chi connectivity index (χ3n) is 9.74. The number of aliphatic hydroxyl groups excluding tert-OH is 1. The first-order valence-corrected chi connectivity index (χ1v) is 11.0. The lowest BCUT2D eigenvalue weighted by molar-refractivity contribution is -0.224. The maximum absolute atomic E-state index is 11.8. The number of fused-ring (bicyclic) bond motifs is 5. The molecule has 1 unspecified atom stereocenters. The van der Waals surface area contributed by atoms with E-state index in [0.29, 0.717) is 31.0 Å². The smallest absolute Gasteiger partial charge is 0.163 e. The summed E-state index contributed by atoms with van der Waals surface area (Å²) in [7, 11) is 0. The molecule has 5 rings (SSSR count). The highest BCUT2D eigenvalue weighted by Gasteiger charge is 2.65. The number of rotatable bonds is 1. The van der Waals surface area contributed by atoms with Crippen LogP contribution in [0.1, 0.15) is 71.6 Å². The average Bonchev–Trinajstić information content (AvgIpc) is 3.23. The van der Waals surface area contributed by atoms with Gasteiger partial charge in [0.05, 0.1) is 24.9 Å². The van der Waals surface area contributed by atoms with Crippen molar-refractivity contribution >= 4 is 0 Å². The standard InChI is InChI=1S/C22H36O4/c1-20-7-3-8-22(20,24)17-5-4-14-12-18(23)15(19-25-10-11-26-19)13-21(14,2)16(17)6-9-20/h14-19,23-24H,3-13H2,1-2H3/t14-,15?,16+,17-,18-,20+,21+,22+/m1/s1. The Labute approximate surface area is 157 Å². The zero-order valence-corrected chi connectivity index (χ0v) is 16.5. The summed E-state index contributed by atoms with van der Waals surface area (Å²) in [6.45, 7) is 6.11. The Bertz CT molecular complexity index is 560. The molecule has 148 valence electrons. The Hall–Kier alpha value is -0.160. The van der Waals surface area contributed by atoms with Crippen molar-refractivity contribution < 1.29 is 19.7 Å². The molecule has 0 bridgehead atoms. The molecule has 0 spiro atoms. The highest BCUT2D eigenvalue weighted by molar-refractivity contribution is 5.15. The molecule has 4 saturated carbocycles. The molecule has 4 aliphatic carbocycles. The topological polar surface area (TPSA) is 58.9 Å². The molecule has 26 heavy (non-hydrogen) atoms. The van der Waals surface area contributed by atoms with Crippen LogP contribution >= 0.6 is 0 Å². The number of ether oxygens (including phenoxy) is 2. The van der Waals surface area contributed by atoms with E-state index in [-0.39, 0.29) is 29.1 Å². The quantitative estimate of drug-likeness (QED) is 0.748. The van der Waals surface area contributed by atoms with E-state index in [0.717, 1.165) is 38.5 Å². The van der Waals surface area contributed by atoms with E-state index in [1.165, 1.54) is 19.3 Å². The molecule has 0 aromatic rings. The van der Waals surface area contributed by atoms with Gasteiger partial charge in [-0.3, -0.25) is 0 Å². The molecule has 5 fully saturated rings. The van der Waals surface area contributed by atoms with Crippen LogP contribution in [0.2, 0.25) is 0 Å². The molecule has 8 atom stereocenters. The second kappa shape index (κ2) is 5.92. The Morgan fingerprint density at radius 2 is 1.69 bits per heavy atom. The summed E-state index contributed by atoms with van der Waals surface area (Å²) < 4.78 is 11.6. The van der Waals surface area contributed by atoms with Crippen LogP contribution in [0.15, 0.2) is 0 Å². The predicted octanol–water partition coefficient (Wildman–Crippen LogP) is 3.49. The average molecular weight is 365 g/mol. The van der Waals surface area contributed by atoms with E-state index in [1.54, 1.807) is 0 Å².